The van der Waals surface area contributed by atoms with E-state index in [1.165, 1.54) is 5.56 Å². The first-order valence-electron chi connectivity index (χ1n) is 9.24. The number of rotatable bonds is 5. The zero-order valence-electron chi connectivity index (χ0n) is 14.8. The van der Waals surface area contributed by atoms with Crippen molar-refractivity contribution in [1.29, 1.82) is 0 Å². The van der Waals surface area contributed by atoms with Crippen molar-refractivity contribution in [3.8, 4) is 0 Å². The molecule has 4 rings (SSSR count). The van der Waals surface area contributed by atoms with E-state index in [1.54, 1.807) is 24.4 Å². The molecule has 4 heterocycles. The Morgan fingerprint density at radius 1 is 1.27 bits per heavy atom. The van der Waals surface area contributed by atoms with Gasteiger partial charge in [0.15, 0.2) is 0 Å². The maximum atomic E-state index is 12.2. The molecular weight excluding hydrogens is 332 g/mol. The molecule has 1 atom stereocenters. The summed E-state index contributed by atoms with van der Waals surface area (Å²) in [7, 11) is 0. The quantitative estimate of drug-likeness (QED) is 0.883. The van der Waals surface area contributed by atoms with Crippen LogP contribution >= 0.6 is 0 Å². The third-order valence-corrected chi connectivity index (χ3v) is 5.00. The zero-order chi connectivity index (χ0) is 17.8. The summed E-state index contributed by atoms with van der Waals surface area (Å²) in [6, 6.07) is 5.29. The van der Waals surface area contributed by atoms with Crippen molar-refractivity contribution in [2.75, 3.05) is 26.4 Å². The molecule has 1 fully saturated rings. The Morgan fingerprint density at radius 3 is 2.96 bits per heavy atom. The Morgan fingerprint density at radius 2 is 2.15 bits per heavy atom. The Kier molecular flexibility index (Phi) is 5.26. The van der Waals surface area contributed by atoms with Crippen molar-refractivity contribution in [3.63, 3.8) is 0 Å². The van der Waals surface area contributed by atoms with Crippen LogP contribution in [0.15, 0.2) is 30.6 Å². The number of aromatic nitrogens is 3. The lowest BCUT2D eigenvalue weighted by atomic mass is 10.0. The summed E-state index contributed by atoms with van der Waals surface area (Å²) < 4.78 is 13.3. The molecule has 2 aromatic rings. The van der Waals surface area contributed by atoms with Crippen molar-refractivity contribution >= 4 is 5.91 Å². The summed E-state index contributed by atoms with van der Waals surface area (Å²) in [4.78, 5) is 16.3. The predicted octanol–water partition coefficient (Wildman–Crippen LogP) is 1.75. The molecule has 0 bridgehead atoms. The van der Waals surface area contributed by atoms with E-state index in [0.717, 1.165) is 44.7 Å². The van der Waals surface area contributed by atoms with Gasteiger partial charge in [-0.1, -0.05) is 6.07 Å². The Balaban J connectivity index is 1.39. The Hall–Kier alpha value is -2.25. The first-order chi connectivity index (χ1) is 12.8. The van der Waals surface area contributed by atoms with Crippen molar-refractivity contribution in [2.45, 2.75) is 31.9 Å². The fraction of sp³-hybridized carbons (Fsp3) is 0.526. The van der Waals surface area contributed by atoms with Crippen LogP contribution in [0.2, 0.25) is 0 Å². The molecule has 1 N–H and O–H groups in total. The maximum absolute atomic E-state index is 12.2. The summed E-state index contributed by atoms with van der Waals surface area (Å²) in [6.45, 7) is 3.66. The minimum atomic E-state index is -0.206. The molecule has 0 saturated carbocycles. The minimum Gasteiger partial charge on any atom is -0.381 e. The van der Waals surface area contributed by atoms with Gasteiger partial charge < -0.3 is 14.8 Å². The van der Waals surface area contributed by atoms with Gasteiger partial charge in [-0.25, -0.2) is 0 Å². The lowest BCUT2D eigenvalue weighted by molar-refractivity contribution is 0.0378. The van der Waals surface area contributed by atoms with Crippen molar-refractivity contribution < 1.29 is 14.3 Å². The third-order valence-electron chi connectivity index (χ3n) is 5.00. The van der Waals surface area contributed by atoms with E-state index < -0.39 is 0 Å². The highest BCUT2D eigenvalue weighted by atomic mass is 16.5. The molecule has 0 aromatic carbocycles. The number of hydrogen-bond acceptors (Lipinski definition) is 5. The molecule has 2 aliphatic heterocycles. The van der Waals surface area contributed by atoms with Crippen LogP contribution in [-0.2, 0) is 22.4 Å². The van der Waals surface area contributed by atoms with E-state index in [1.807, 2.05) is 4.68 Å². The summed E-state index contributed by atoms with van der Waals surface area (Å²) in [5, 5.41) is 7.67. The number of carbonyl (C=O) groups excluding carboxylic acids is 1. The summed E-state index contributed by atoms with van der Waals surface area (Å²) in [5.74, 6) is 0.427. The number of nitrogens with one attached hydrogen (secondary N) is 1. The van der Waals surface area contributed by atoms with Gasteiger partial charge in [0, 0.05) is 38.7 Å². The highest BCUT2D eigenvalue weighted by Gasteiger charge is 2.26. The van der Waals surface area contributed by atoms with Gasteiger partial charge in [0.1, 0.15) is 11.8 Å². The molecule has 1 saturated heterocycles. The normalized spacial score (nSPS) is 20.5. The fourth-order valence-electron chi connectivity index (χ4n) is 3.55. The molecule has 138 valence electrons. The molecular formula is C19H24N4O3. The second kappa shape index (κ2) is 7.97. The summed E-state index contributed by atoms with van der Waals surface area (Å²) in [6.07, 6.45) is 6.59. The van der Waals surface area contributed by atoms with Crippen LogP contribution < -0.4 is 5.32 Å². The second-order valence-electron chi connectivity index (χ2n) is 6.85. The lowest BCUT2D eigenvalue weighted by Gasteiger charge is -2.22. The third kappa shape index (κ3) is 3.94. The topological polar surface area (TPSA) is 78.3 Å². The molecule has 26 heavy (non-hydrogen) atoms. The average molecular weight is 356 g/mol. The van der Waals surface area contributed by atoms with E-state index in [4.69, 9.17) is 14.6 Å². The van der Waals surface area contributed by atoms with E-state index in [0.29, 0.717) is 24.8 Å². The number of pyridine rings is 1. The van der Waals surface area contributed by atoms with Gasteiger partial charge in [-0.15, -0.1) is 0 Å². The molecule has 0 radical (unpaired) electrons. The smallest absolute Gasteiger partial charge is 0.269 e. The highest BCUT2D eigenvalue weighted by Crippen LogP contribution is 2.26. The zero-order valence-corrected chi connectivity index (χ0v) is 14.8. The van der Waals surface area contributed by atoms with Gasteiger partial charge in [0.2, 0.25) is 0 Å². The van der Waals surface area contributed by atoms with E-state index in [-0.39, 0.29) is 12.0 Å². The number of hydrogen-bond donors (Lipinski definition) is 1. The molecule has 0 spiro atoms. The fourth-order valence-corrected chi connectivity index (χ4v) is 3.55. The SMILES string of the molecule is O=C(NCC1OCCc2cn(CC3CCOCC3)nc21)c1ccccn1. The Labute approximate surface area is 152 Å². The van der Waals surface area contributed by atoms with E-state index in [9.17, 15) is 4.79 Å². The number of carbonyl (C=O) groups is 1. The van der Waals surface area contributed by atoms with Gasteiger partial charge in [0.05, 0.1) is 12.3 Å². The first-order valence-corrected chi connectivity index (χ1v) is 9.24. The van der Waals surface area contributed by atoms with Gasteiger partial charge in [-0.3, -0.25) is 14.5 Å². The average Bonchev–Trinajstić information content (AvgIpc) is 3.10. The minimum absolute atomic E-state index is 0.192. The van der Waals surface area contributed by atoms with E-state index >= 15 is 0 Å². The van der Waals surface area contributed by atoms with Gasteiger partial charge in [0.25, 0.3) is 5.91 Å². The molecule has 2 aliphatic rings. The van der Waals surface area contributed by atoms with Crippen LogP contribution in [0.4, 0.5) is 0 Å². The van der Waals surface area contributed by atoms with E-state index in [2.05, 4.69) is 16.5 Å². The number of nitrogens with zero attached hydrogens (tertiary/aromatic N) is 3. The lowest BCUT2D eigenvalue weighted by Crippen LogP contribution is -2.32. The van der Waals surface area contributed by atoms with Gasteiger partial charge in [-0.2, -0.15) is 5.10 Å². The molecule has 2 aromatic heterocycles. The highest BCUT2D eigenvalue weighted by molar-refractivity contribution is 5.92. The number of amides is 1. The summed E-state index contributed by atoms with van der Waals surface area (Å²) in [5.41, 5.74) is 2.58. The molecule has 1 unspecified atom stereocenters. The molecule has 7 heteroatoms. The van der Waals surface area contributed by atoms with Crippen LogP contribution in [0.1, 0.15) is 40.7 Å². The van der Waals surface area contributed by atoms with Crippen LogP contribution in [0.3, 0.4) is 0 Å². The van der Waals surface area contributed by atoms with Crippen LogP contribution in [0.25, 0.3) is 0 Å². The van der Waals surface area contributed by atoms with Crippen LogP contribution in [0, 0.1) is 5.92 Å². The van der Waals surface area contributed by atoms with Crippen LogP contribution in [-0.4, -0.2) is 47.0 Å². The molecule has 0 aliphatic carbocycles. The monoisotopic (exact) mass is 356 g/mol. The van der Waals surface area contributed by atoms with Crippen LogP contribution in [0.5, 0.6) is 0 Å². The Bertz CT molecular complexity index is 740. The van der Waals surface area contributed by atoms with Gasteiger partial charge in [-0.05, 0) is 42.9 Å². The largest absolute Gasteiger partial charge is 0.381 e. The molecule has 7 nitrogen and oxygen atoms in total. The predicted molar refractivity (Wildman–Crippen MR) is 94.7 cm³/mol. The summed E-state index contributed by atoms with van der Waals surface area (Å²) >= 11 is 0. The van der Waals surface area contributed by atoms with Crippen molar-refractivity contribution in [2.24, 2.45) is 5.92 Å². The number of ether oxygens (including phenoxy) is 2. The number of fused-ring (bicyclic) bond motifs is 1. The van der Waals surface area contributed by atoms with Crippen molar-refractivity contribution in [3.05, 3.63) is 47.5 Å². The molecule has 1 amide bonds. The van der Waals surface area contributed by atoms with Crippen molar-refractivity contribution in [1.82, 2.24) is 20.1 Å². The maximum Gasteiger partial charge on any atom is 0.269 e. The standard InChI is InChI=1S/C19H24N4O3/c24-19(16-3-1-2-7-20-16)21-11-17-18-15(6-10-26-17)13-23(22-18)12-14-4-8-25-9-5-14/h1-3,7,13-14,17H,4-6,8-12H2,(H,21,24). The first kappa shape index (κ1) is 17.2. The van der Waals surface area contributed by atoms with Gasteiger partial charge >= 0.3 is 0 Å². The second-order valence-corrected chi connectivity index (χ2v) is 6.85.